The fourth-order valence-electron chi connectivity index (χ4n) is 0.877. The maximum Gasteiger partial charge on any atom is 0.300 e. The van der Waals surface area contributed by atoms with Gasteiger partial charge in [0.1, 0.15) is 0 Å². The molecule has 13 heavy (non-hydrogen) atoms. The summed E-state index contributed by atoms with van der Waals surface area (Å²) in [4.78, 5) is 15.9. The molecule has 0 spiro atoms. The maximum atomic E-state index is 10.5. The Kier molecular flexibility index (Phi) is 2.41. The summed E-state index contributed by atoms with van der Waals surface area (Å²) < 4.78 is 0. The molecule has 0 aromatic carbocycles. The van der Waals surface area contributed by atoms with Crippen molar-refractivity contribution < 1.29 is 4.92 Å². The van der Waals surface area contributed by atoms with Gasteiger partial charge >= 0.3 is 0 Å². The first-order valence-corrected chi connectivity index (χ1v) is 3.32. The highest BCUT2D eigenvalue weighted by atomic mass is 16.6. The normalized spacial score (nSPS) is 9.00. The zero-order valence-corrected chi connectivity index (χ0v) is 6.71. The third-order valence-corrected chi connectivity index (χ3v) is 1.43. The first kappa shape index (κ1) is 8.95. The zero-order chi connectivity index (χ0) is 9.84. The van der Waals surface area contributed by atoms with Crippen LogP contribution in [0.15, 0.2) is 17.4 Å². The van der Waals surface area contributed by atoms with Crippen LogP contribution in [0.3, 0.4) is 0 Å². The molecule has 0 aliphatic rings. The van der Waals surface area contributed by atoms with E-state index >= 15 is 0 Å². The summed E-state index contributed by atoms with van der Waals surface area (Å²) in [5.74, 6) is -0.201. The third-order valence-electron chi connectivity index (χ3n) is 1.43. The topological polar surface area (TPSA) is 105 Å². The number of rotatable bonds is 2. The van der Waals surface area contributed by atoms with Gasteiger partial charge in [-0.3, -0.25) is 10.1 Å². The van der Waals surface area contributed by atoms with E-state index in [1.165, 1.54) is 12.3 Å². The van der Waals surface area contributed by atoms with Gasteiger partial charge in [-0.2, -0.15) is 0 Å². The number of pyridine rings is 1. The van der Waals surface area contributed by atoms with Crippen molar-refractivity contribution in [1.82, 2.24) is 4.98 Å². The van der Waals surface area contributed by atoms with Crippen LogP contribution in [0.2, 0.25) is 0 Å². The molecule has 0 saturated heterocycles. The van der Waals surface area contributed by atoms with Crippen LogP contribution in [0.1, 0.15) is 5.56 Å². The fourth-order valence-corrected chi connectivity index (χ4v) is 0.877. The molecule has 0 radical (unpaired) electrons. The molecule has 0 aliphatic carbocycles. The number of hydrogen-bond donors (Lipinski definition) is 0. The van der Waals surface area contributed by atoms with Crippen LogP contribution in [0.4, 0.5) is 11.5 Å². The predicted molar refractivity (Wildman–Crippen MR) is 44.4 cm³/mol. The second kappa shape index (κ2) is 3.51. The van der Waals surface area contributed by atoms with Crippen LogP contribution >= 0.6 is 0 Å². The monoisotopic (exact) mass is 179 g/mol. The molecule has 0 unspecified atom stereocenters. The Hall–Kier alpha value is -2.14. The smallest absolute Gasteiger partial charge is 0.258 e. The third kappa shape index (κ3) is 1.71. The molecule has 7 heteroatoms. The minimum Gasteiger partial charge on any atom is -0.258 e. The van der Waals surface area contributed by atoms with Crippen molar-refractivity contribution in [2.45, 2.75) is 6.92 Å². The number of aryl methyl sites for hydroxylation is 1. The highest BCUT2D eigenvalue weighted by Crippen LogP contribution is 2.27. The molecule has 1 rings (SSSR count). The molecular weight excluding hydrogens is 174 g/mol. The second-order valence-electron chi connectivity index (χ2n) is 2.25. The van der Waals surface area contributed by atoms with Crippen LogP contribution in [0.5, 0.6) is 0 Å². The minimum absolute atomic E-state index is 0.201. The van der Waals surface area contributed by atoms with Gasteiger partial charge in [0.25, 0.3) is 5.69 Å². The quantitative estimate of drug-likeness (QED) is 0.228. The van der Waals surface area contributed by atoms with Gasteiger partial charge in [-0.15, -0.1) is 0 Å². The molecule has 7 nitrogen and oxygen atoms in total. The summed E-state index contributed by atoms with van der Waals surface area (Å²) in [6, 6.07) is 1.48. The van der Waals surface area contributed by atoms with Crippen LogP contribution < -0.4 is 0 Å². The largest absolute Gasteiger partial charge is 0.300 e. The van der Waals surface area contributed by atoms with E-state index in [2.05, 4.69) is 15.0 Å². The van der Waals surface area contributed by atoms with E-state index in [-0.39, 0.29) is 11.5 Å². The average Bonchev–Trinajstić information content (AvgIpc) is 2.04. The minimum atomic E-state index is -0.619. The summed E-state index contributed by atoms with van der Waals surface area (Å²) in [7, 11) is 0. The lowest BCUT2D eigenvalue weighted by atomic mass is 10.2. The number of nitro groups is 1. The first-order chi connectivity index (χ1) is 6.16. The number of azide groups is 1. The van der Waals surface area contributed by atoms with Crippen molar-refractivity contribution >= 4 is 11.5 Å². The predicted octanol–water partition coefficient (Wildman–Crippen LogP) is 2.24. The Morgan fingerprint density at radius 2 is 2.46 bits per heavy atom. The van der Waals surface area contributed by atoms with Crippen LogP contribution in [-0.4, -0.2) is 9.91 Å². The Bertz CT molecular complexity index is 396. The Morgan fingerprint density at radius 3 is 3.00 bits per heavy atom. The molecule has 0 atom stereocenters. The van der Waals surface area contributed by atoms with Crippen molar-refractivity contribution in [2.75, 3.05) is 0 Å². The Morgan fingerprint density at radius 1 is 1.77 bits per heavy atom. The van der Waals surface area contributed by atoms with Crippen molar-refractivity contribution in [3.05, 3.63) is 38.4 Å². The first-order valence-electron chi connectivity index (χ1n) is 3.32. The van der Waals surface area contributed by atoms with E-state index in [0.29, 0.717) is 5.56 Å². The molecule has 0 amide bonds. The Balaban J connectivity index is 3.42. The lowest BCUT2D eigenvalue weighted by Crippen LogP contribution is -1.93. The molecule has 0 fully saturated rings. The molecule has 1 aromatic rings. The van der Waals surface area contributed by atoms with Gasteiger partial charge < -0.3 is 0 Å². The van der Waals surface area contributed by atoms with E-state index in [1.807, 2.05) is 0 Å². The van der Waals surface area contributed by atoms with Gasteiger partial charge in [-0.05, 0) is 23.6 Å². The highest BCUT2D eigenvalue weighted by Gasteiger charge is 2.16. The van der Waals surface area contributed by atoms with Gasteiger partial charge in [0.2, 0.25) is 5.82 Å². The molecule has 0 aliphatic heterocycles. The van der Waals surface area contributed by atoms with Gasteiger partial charge in [-0.25, -0.2) is 4.98 Å². The summed E-state index contributed by atoms with van der Waals surface area (Å²) in [5.41, 5.74) is 8.28. The molecule has 1 heterocycles. The zero-order valence-electron chi connectivity index (χ0n) is 6.71. The molecule has 0 saturated carbocycles. The van der Waals surface area contributed by atoms with Crippen molar-refractivity contribution in [3.63, 3.8) is 0 Å². The lowest BCUT2D eigenvalue weighted by molar-refractivity contribution is -0.384. The average molecular weight is 179 g/mol. The number of nitrogens with zero attached hydrogens (tertiary/aromatic N) is 5. The van der Waals surface area contributed by atoms with Crippen molar-refractivity contribution in [1.29, 1.82) is 0 Å². The molecular formula is C6H5N5O2. The Labute approximate surface area is 72.8 Å². The maximum absolute atomic E-state index is 10.5. The summed E-state index contributed by atoms with van der Waals surface area (Å²) in [6.45, 7) is 1.55. The van der Waals surface area contributed by atoms with E-state index in [0.717, 1.165) is 0 Å². The fraction of sp³-hybridized carbons (Fsp3) is 0.167. The molecule has 66 valence electrons. The van der Waals surface area contributed by atoms with Gasteiger partial charge in [0, 0.05) is 16.7 Å². The van der Waals surface area contributed by atoms with Gasteiger partial charge in [-0.1, -0.05) is 0 Å². The van der Waals surface area contributed by atoms with Crippen molar-refractivity contribution in [2.24, 2.45) is 5.11 Å². The molecule has 0 bridgehead atoms. The van der Waals surface area contributed by atoms with Crippen LogP contribution in [0.25, 0.3) is 10.4 Å². The van der Waals surface area contributed by atoms with Crippen molar-refractivity contribution in [3.8, 4) is 0 Å². The van der Waals surface area contributed by atoms with Crippen LogP contribution in [0, 0.1) is 17.0 Å². The van der Waals surface area contributed by atoms with E-state index in [1.54, 1.807) is 6.92 Å². The SMILES string of the molecule is Cc1ccnc(N=[N+]=[N-])c1[N+](=O)[O-]. The highest BCUT2D eigenvalue weighted by molar-refractivity contribution is 5.55. The summed E-state index contributed by atoms with van der Waals surface area (Å²) >= 11 is 0. The lowest BCUT2D eigenvalue weighted by Gasteiger charge is -1.97. The number of aromatic nitrogens is 1. The second-order valence-corrected chi connectivity index (χ2v) is 2.25. The van der Waals surface area contributed by atoms with Crippen LogP contribution in [-0.2, 0) is 0 Å². The summed E-state index contributed by atoms with van der Waals surface area (Å²) in [5, 5.41) is 13.6. The van der Waals surface area contributed by atoms with E-state index in [9.17, 15) is 10.1 Å². The molecule has 1 aromatic heterocycles. The molecule has 0 N–H and O–H groups in total. The summed E-state index contributed by atoms with van der Waals surface area (Å²) in [6.07, 6.45) is 1.35. The van der Waals surface area contributed by atoms with E-state index in [4.69, 9.17) is 5.53 Å². The van der Waals surface area contributed by atoms with Gasteiger partial charge in [0.15, 0.2) is 0 Å². The van der Waals surface area contributed by atoms with E-state index < -0.39 is 4.92 Å². The van der Waals surface area contributed by atoms with Gasteiger partial charge in [0.05, 0.1) is 4.92 Å². The standard InChI is InChI=1S/C6H5N5O2/c1-4-2-3-8-6(9-10-7)5(4)11(12)13/h2-3H,1H3. The number of hydrogen-bond acceptors (Lipinski definition) is 4.